The van der Waals surface area contributed by atoms with Gasteiger partial charge in [-0.15, -0.1) is 0 Å². The van der Waals surface area contributed by atoms with Crippen molar-refractivity contribution >= 4 is 43.4 Å². The number of nitrogens with zero attached hydrogens (tertiary/aromatic N) is 2. The highest BCUT2D eigenvalue weighted by Gasteiger charge is 2.57. The maximum atomic E-state index is 13.4. The van der Waals surface area contributed by atoms with Crippen LogP contribution in [0.3, 0.4) is 0 Å². The summed E-state index contributed by atoms with van der Waals surface area (Å²) in [6.07, 6.45) is -4.49. The molecule has 0 unspecified atom stereocenters. The number of aryl methyl sites for hydroxylation is 2. The molecule has 2 heterocycles. The highest BCUT2D eigenvalue weighted by atomic mass is 32.2. The lowest BCUT2D eigenvalue weighted by molar-refractivity contribution is -0.0707. The van der Waals surface area contributed by atoms with E-state index in [-0.39, 0.29) is 29.4 Å². The Morgan fingerprint density at radius 3 is 2.50 bits per heavy atom. The van der Waals surface area contributed by atoms with Crippen molar-refractivity contribution < 1.29 is 39.8 Å². The lowest BCUT2D eigenvalue weighted by Gasteiger charge is -2.13. The van der Waals surface area contributed by atoms with E-state index in [2.05, 4.69) is 9.44 Å². The van der Waals surface area contributed by atoms with E-state index in [1.807, 2.05) is 36.6 Å². The minimum atomic E-state index is -6.04. The van der Waals surface area contributed by atoms with Gasteiger partial charge in [-0.3, -0.25) is 9.08 Å². The van der Waals surface area contributed by atoms with Crippen LogP contribution in [0.15, 0.2) is 59.8 Å². The molecule has 0 radical (unpaired) electrons. The van der Waals surface area contributed by atoms with Crippen LogP contribution in [0.1, 0.15) is 34.0 Å². The molecule has 0 bridgehead atoms. The van der Waals surface area contributed by atoms with E-state index >= 15 is 0 Å². The number of oxime groups is 1. The molecule has 1 aliphatic heterocycles. The first-order valence-electron chi connectivity index (χ1n) is 11.5. The summed E-state index contributed by atoms with van der Waals surface area (Å²) in [5.41, 5.74) is 3.50. The molecule has 0 spiro atoms. The molecule has 0 N–H and O–H groups in total. The molecule has 1 aliphatic rings. The van der Waals surface area contributed by atoms with Crippen LogP contribution >= 0.6 is 0 Å². The van der Waals surface area contributed by atoms with Gasteiger partial charge in [0.1, 0.15) is 18.1 Å². The number of ether oxygens (including phenoxy) is 1. The number of alkyl halides is 4. The van der Waals surface area contributed by atoms with E-state index in [4.69, 9.17) is 4.74 Å². The molecule has 0 saturated carbocycles. The van der Waals surface area contributed by atoms with Gasteiger partial charge in [-0.05, 0) is 43.7 Å². The Morgan fingerprint density at radius 1 is 1.11 bits per heavy atom. The van der Waals surface area contributed by atoms with E-state index in [9.17, 15) is 30.8 Å². The molecule has 0 amide bonds. The fourth-order valence-corrected chi connectivity index (χ4v) is 4.99. The Kier molecular flexibility index (Phi) is 6.17. The summed E-state index contributed by atoms with van der Waals surface area (Å²) < 4.78 is 86.4. The molecule has 198 valence electrons. The van der Waals surface area contributed by atoms with Crippen molar-refractivity contribution in [3.8, 4) is 5.75 Å². The molecule has 12 heteroatoms. The summed E-state index contributed by atoms with van der Waals surface area (Å²) in [5, 5.41) is -0.828. The fourth-order valence-electron chi connectivity index (χ4n) is 4.49. The van der Waals surface area contributed by atoms with Gasteiger partial charge in [0, 0.05) is 45.6 Å². The second-order valence-electron chi connectivity index (χ2n) is 8.70. The molecular weight excluding hydrogens is 528 g/mol. The van der Waals surface area contributed by atoms with Gasteiger partial charge in [0.05, 0.1) is 5.52 Å². The maximum Gasteiger partial charge on any atom is 0.441 e. The van der Waals surface area contributed by atoms with Crippen molar-refractivity contribution in [1.29, 1.82) is 0 Å². The average Bonchev–Trinajstić information content (AvgIpc) is 3.43. The molecule has 0 saturated heterocycles. The van der Waals surface area contributed by atoms with Gasteiger partial charge in [0.2, 0.25) is 0 Å². The third kappa shape index (κ3) is 3.99. The molecular formula is C26H20F4N2O5S. The van der Waals surface area contributed by atoms with Gasteiger partial charge in [-0.25, -0.2) is 8.78 Å². The van der Waals surface area contributed by atoms with Crippen LogP contribution in [0.2, 0.25) is 0 Å². The summed E-state index contributed by atoms with van der Waals surface area (Å²) >= 11 is 0. The summed E-state index contributed by atoms with van der Waals surface area (Å²) in [7, 11) is -6.04. The fraction of sp³-hybridized carbons (Fsp3) is 0.231. The standard InChI is InChI=1S/C26H20F4N2O5S/c1-3-32-21-9-8-15(24(33)16-7-5-4-6-14(16)2)10-17(21)18-11-19-20(13-36-23(19)12-22(18)32)31-37-38(34,35)26(29,30)25(27)28/h4-12,25H,3,13H2,1-2H3/b31-20+. The Hall–Kier alpha value is -3.93. The Labute approximate surface area is 214 Å². The minimum absolute atomic E-state index is 0.160. The molecule has 0 aliphatic carbocycles. The number of carbonyl (C=O) groups is 1. The van der Waals surface area contributed by atoms with Gasteiger partial charge in [-0.2, -0.15) is 17.2 Å². The second kappa shape index (κ2) is 9.12. The smallest absolute Gasteiger partial charge is 0.441 e. The second-order valence-corrected chi connectivity index (χ2v) is 10.3. The largest absolute Gasteiger partial charge is 0.486 e. The lowest BCUT2D eigenvalue weighted by Crippen LogP contribution is -2.37. The Bertz CT molecular complexity index is 1750. The Balaban J connectivity index is 1.61. The normalized spacial score (nSPS) is 14.9. The van der Waals surface area contributed by atoms with Crippen molar-refractivity contribution in [2.24, 2.45) is 5.16 Å². The summed E-state index contributed by atoms with van der Waals surface area (Å²) in [6, 6.07) is 15.8. The van der Waals surface area contributed by atoms with E-state index in [1.165, 1.54) is 0 Å². The third-order valence-electron chi connectivity index (χ3n) is 6.44. The van der Waals surface area contributed by atoms with E-state index < -0.39 is 21.8 Å². The van der Waals surface area contributed by atoms with Crippen molar-refractivity contribution in [3.63, 3.8) is 0 Å². The van der Waals surface area contributed by atoms with Crippen molar-refractivity contribution in [3.05, 3.63) is 76.9 Å². The zero-order valence-corrected chi connectivity index (χ0v) is 20.9. The van der Waals surface area contributed by atoms with Crippen LogP contribution in [0.4, 0.5) is 17.6 Å². The number of rotatable bonds is 7. The number of halogens is 4. The van der Waals surface area contributed by atoms with Crippen molar-refractivity contribution in [1.82, 2.24) is 4.57 Å². The van der Waals surface area contributed by atoms with Crippen LogP contribution in [0, 0.1) is 6.92 Å². The summed E-state index contributed by atoms with van der Waals surface area (Å²) in [5.74, 6) is 0.124. The number of ketones is 1. The highest BCUT2D eigenvalue weighted by molar-refractivity contribution is 7.87. The molecule has 0 atom stereocenters. The topological polar surface area (TPSA) is 87.0 Å². The molecule has 7 nitrogen and oxygen atoms in total. The predicted octanol–water partition coefficient (Wildman–Crippen LogP) is 5.65. The van der Waals surface area contributed by atoms with E-state index in [0.29, 0.717) is 28.4 Å². The van der Waals surface area contributed by atoms with Gasteiger partial charge in [0.25, 0.3) is 0 Å². The quantitative estimate of drug-likeness (QED) is 0.169. The number of fused-ring (bicyclic) bond motifs is 4. The highest BCUT2D eigenvalue weighted by Crippen LogP contribution is 2.38. The molecule has 0 fully saturated rings. The number of carbonyl (C=O) groups excluding carboxylic acids is 1. The van der Waals surface area contributed by atoms with E-state index in [1.54, 1.807) is 36.4 Å². The first-order chi connectivity index (χ1) is 18.0. The third-order valence-corrected chi connectivity index (χ3v) is 7.56. The Morgan fingerprint density at radius 2 is 1.82 bits per heavy atom. The van der Waals surface area contributed by atoms with Crippen LogP contribution in [0.25, 0.3) is 21.8 Å². The number of aromatic nitrogens is 1. The zero-order chi connectivity index (χ0) is 27.4. The van der Waals surface area contributed by atoms with Crippen LogP contribution in [-0.2, 0) is 20.9 Å². The molecule has 1 aromatic heterocycles. The average molecular weight is 549 g/mol. The van der Waals surface area contributed by atoms with Crippen molar-refractivity contribution in [2.45, 2.75) is 32.1 Å². The maximum absolute atomic E-state index is 13.4. The SMILES string of the molecule is CCn1c2ccc(C(=O)c3ccccc3C)cc2c2cc3c(cc21)OC/C3=N\OS(=O)(=O)C(F)(F)C(F)F. The monoisotopic (exact) mass is 548 g/mol. The number of benzene rings is 3. The first-order valence-corrected chi connectivity index (χ1v) is 12.9. The van der Waals surface area contributed by atoms with Gasteiger partial charge < -0.3 is 9.30 Å². The van der Waals surface area contributed by atoms with Crippen LogP contribution in [-0.4, -0.2) is 42.8 Å². The van der Waals surface area contributed by atoms with Crippen LogP contribution < -0.4 is 4.74 Å². The number of hydrogen-bond donors (Lipinski definition) is 0. The first kappa shape index (κ1) is 25.7. The van der Waals surface area contributed by atoms with Gasteiger partial charge in [0.15, 0.2) is 5.78 Å². The molecule has 4 aromatic rings. The molecule has 5 rings (SSSR count). The minimum Gasteiger partial charge on any atom is -0.486 e. The molecule has 3 aromatic carbocycles. The molecule has 38 heavy (non-hydrogen) atoms. The summed E-state index contributed by atoms with van der Waals surface area (Å²) in [6.45, 7) is 4.04. The van der Waals surface area contributed by atoms with Crippen molar-refractivity contribution in [2.75, 3.05) is 6.61 Å². The summed E-state index contributed by atoms with van der Waals surface area (Å²) in [4.78, 5) is 13.2. The lowest BCUT2D eigenvalue weighted by atomic mass is 9.97. The number of hydrogen-bond acceptors (Lipinski definition) is 6. The van der Waals surface area contributed by atoms with Crippen LogP contribution in [0.5, 0.6) is 5.75 Å². The predicted molar refractivity (Wildman–Crippen MR) is 133 cm³/mol. The van der Waals surface area contributed by atoms with E-state index in [0.717, 1.165) is 16.6 Å². The van der Waals surface area contributed by atoms with Gasteiger partial charge >= 0.3 is 21.8 Å². The van der Waals surface area contributed by atoms with Gasteiger partial charge in [-0.1, -0.05) is 29.4 Å². The zero-order valence-electron chi connectivity index (χ0n) is 20.0.